The summed E-state index contributed by atoms with van der Waals surface area (Å²) in [6.45, 7) is 3.80. The lowest BCUT2D eigenvalue weighted by Crippen LogP contribution is -2.29. The van der Waals surface area contributed by atoms with Crippen molar-refractivity contribution >= 4 is 34.8 Å². The van der Waals surface area contributed by atoms with Gasteiger partial charge in [0.2, 0.25) is 0 Å². The molecule has 21 heavy (non-hydrogen) atoms. The third-order valence-corrected chi connectivity index (χ3v) is 4.07. The Morgan fingerprint density at radius 3 is 2.52 bits per heavy atom. The van der Waals surface area contributed by atoms with Crippen molar-refractivity contribution < 1.29 is 14.4 Å². The van der Waals surface area contributed by atoms with Crippen molar-refractivity contribution in [3.8, 4) is 0 Å². The van der Waals surface area contributed by atoms with Gasteiger partial charge in [-0.2, -0.15) is 0 Å². The Bertz CT molecular complexity index is 604. The van der Waals surface area contributed by atoms with Crippen LogP contribution in [0.2, 0.25) is 0 Å². The van der Waals surface area contributed by atoms with Gasteiger partial charge in [0.15, 0.2) is 0 Å². The van der Waals surface area contributed by atoms with Gasteiger partial charge in [0.1, 0.15) is 5.78 Å². The maximum Gasteiger partial charge on any atom is 0.293 e. The van der Waals surface area contributed by atoms with Gasteiger partial charge < -0.3 is 4.79 Å². The molecule has 1 fully saturated rings. The third-order valence-electron chi connectivity index (χ3n) is 3.16. The number of benzene rings is 1. The van der Waals surface area contributed by atoms with Crippen LogP contribution in [0.15, 0.2) is 29.2 Å². The summed E-state index contributed by atoms with van der Waals surface area (Å²) in [5, 5.41) is -0.262. The van der Waals surface area contributed by atoms with Crippen LogP contribution in [0.3, 0.4) is 0 Å². The molecular formula is C16H17NO3S. The predicted molar refractivity (Wildman–Crippen MR) is 83.8 cm³/mol. The van der Waals surface area contributed by atoms with Crippen LogP contribution in [0, 0.1) is 6.92 Å². The number of Topliss-reactive ketones (excluding diaryl/α,β-unsaturated/α-hetero) is 1. The predicted octanol–water partition coefficient (Wildman–Crippen LogP) is 3.40. The van der Waals surface area contributed by atoms with Crippen molar-refractivity contribution in [1.29, 1.82) is 0 Å². The summed E-state index contributed by atoms with van der Waals surface area (Å²) < 4.78 is 0. The lowest BCUT2D eigenvalue weighted by atomic mass is 10.1. The van der Waals surface area contributed by atoms with Crippen LogP contribution in [-0.4, -0.2) is 28.4 Å². The second-order valence-electron chi connectivity index (χ2n) is 5.05. The molecule has 1 aliphatic rings. The maximum absolute atomic E-state index is 12.2. The average Bonchev–Trinajstić information content (AvgIpc) is 2.68. The molecule has 0 aliphatic carbocycles. The van der Waals surface area contributed by atoms with Crippen LogP contribution in [0.4, 0.5) is 4.79 Å². The molecular weight excluding hydrogens is 286 g/mol. The topological polar surface area (TPSA) is 54.5 Å². The molecule has 0 unspecified atom stereocenters. The highest BCUT2D eigenvalue weighted by molar-refractivity contribution is 8.18. The molecule has 2 rings (SSSR count). The van der Waals surface area contributed by atoms with Crippen LogP contribution < -0.4 is 0 Å². The molecule has 1 aliphatic heterocycles. The number of imide groups is 1. The summed E-state index contributed by atoms with van der Waals surface area (Å²) >= 11 is 0.953. The van der Waals surface area contributed by atoms with Crippen molar-refractivity contribution in [3.05, 3.63) is 40.3 Å². The molecule has 1 heterocycles. The summed E-state index contributed by atoms with van der Waals surface area (Å²) in [5.74, 6) is -0.203. The van der Waals surface area contributed by atoms with E-state index in [9.17, 15) is 14.4 Å². The minimum absolute atomic E-state index is 0.0668. The number of nitrogens with zero attached hydrogens (tertiary/aromatic N) is 1. The van der Waals surface area contributed by atoms with Gasteiger partial charge in [-0.15, -0.1) is 0 Å². The zero-order chi connectivity index (χ0) is 15.4. The first kappa shape index (κ1) is 15.5. The quantitative estimate of drug-likeness (QED) is 0.782. The van der Waals surface area contributed by atoms with E-state index in [0.29, 0.717) is 24.3 Å². The van der Waals surface area contributed by atoms with Crippen molar-refractivity contribution in [2.75, 3.05) is 6.54 Å². The fourth-order valence-corrected chi connectivity index (χ4v) is 2.86. The van der Waals surface area contributed by atoms with Crippen LogP contribution in [0.1, 0.15) is 30.9 Å². The van der Waals surface area contributed by atoms with Crippen LogP contribution in [-0.2, 0) is 9.59 Å². The van der Waals surface area contributed by atoms with Gasteiger partial charge >= 0.3 is 0 Å². The normalized spacial score (nSPS) is 16.9. The number of carbonyl (C=O) groups is 3. The standard InChI is InChI=1S/C16H17NO3S/c1-11-5-7-13(8-6-11)10-14-15(19)17(16(20)21-14)9-3-4-12(2)18/h5-8,10H,3-4,9H2,1-2H3/b14-10-. The van der Waals surface area contributed by atoms with E-state index in [1.807, 2.05) is 31.2 Å². The van der Waals surface area contributed by atoms with Gasteiger partial charge in [-0.25, -0.2) is 0 Å². The maximum atomic E-state index is 12.2. The smallest absolute Gasteiger partial charge is 0.293 e. The number of amides is 2. The summed E-state index contributed by atoms with van der Waals surface area (Å²) in [6, 6.07) is 7.75. The molecule has 0 radical (unpaired) electrons. The van der Waals surface area contributed by atoms with Crippen molar-refractivity contribution in [3.63, 3.8) is 0 Å². The number of hydrogen-bond donors (Lipinski definition) is 0. The summed E-state index contributed by atoms with van der Waals surface area (Å²) in [7, 11) is 0. The van der Waals surface area contributed by atoms with E-state index in [1.165, 1.54) is 11.8 Å². The number of carbonyl (C=O) groups excluding carboxylic acids is 3. The molecule has 1 aromatic rings. The average molecular weight is 303 g/mol. The van der Waals surface area contributed by atoms with E-state index in [4.69, 9.17) is 0 Å². The first-order valence-electron chi connectivity index (χ1n) is 6.79. The molecule has 0 saturated carbocycles. The van der Waals surface area contributed by atoms with E-state index < -0.39 is 0 Å². The first-order chi connectivity index (χ1) is 9.97. The molecule has 0 bridgehead atoms. The zero-order valence-corrected chi connectivity index (χ0v) is 12.9. The Morgan fingerprint density at radius 2 is 1.90 bits per heavy atom. The van der Waals surface area contributed by atoms with E-state index in [1.54, 1.807) is 6.08 Å². The minimum atomic E-state index is -0.269. The number of ketones is 1. The molecule has 4 nitrogen and oxygen atoms in total. The third kappa shape index (κ3) is 4.04. The molecule has 2 amide bonds. The van der Waals surface area contributed by atoms with Crippen molar-refractivity contribution in [2.45, 2.75) is 26.7 Å². The molecule has 1 saturated heterocycles. The summed E-state index contributed by atoms with van der Waals surface area (Å²) in [4.78, 5) is 36.6. The summed E-state index contributed by atoms with van der Waals surface area (Å²) in [6.07, 6.45) is 2.64. The Balaban J connectivity index is 2.06. The van der Waals surface area contributed by atoms with Gasteiger partial charge in [-0.05, 0) is 43.7 Å². The number of hydrogen-bond acceptors (Lipinski definition) is 4. The molecule has 0 aromatic heterocycles. The Hall–Kier alpha value is -1.88. The van der Waals surface area contributed by atoms with E-state index in [2.05, 4.69) is 0 Å². The monoisotopic (exact) mass is 303 g/mol. The van der Waals surface area contributed by atoms with Crippen LogP contribution >= 0.6 is 11.8 Å². The fraction of sp³-hybridized carbons (Fsp3) is 0.312. The second kappa shape index (κ2) is 6.72. The summed E-state index contributed by atoms with van der Waals surface area (Å²) in [5.41, 5.74) is 2.04. The van der Waals surface area contributed by atoms with Gasteiger partial charge in [-0.1, -0.05) is 29.8 Å². The van der Waals surface area contributed by atoms with Gasteiger partial charge in [-0.3, -0.25) is 14.5 Å². The Morgan fingerprint density at radius 1 is 1.24 bits per heavy atom. The highest BCUT2D eigenvalue weighted by Crippen LogP contribution is 2.32. The molecule has 0 spiro atoms. The lowest BCUT2D eigenvalue weighted by molar-refractivity contribution is -0.123. The Labute approximate surface area is 128 Å². The SMILES string of the molecule is CC(=O)CCCN1C(=O)S/C(=C\c2ccc(C)cc2)C1=O. The van der Waals surface area contributed by atoms with E-state index >= 15 is 0 Å². The number of aryl methyl sites for hydroxylation is 1. The lowest BCUT2D eigenvalue weighted by Gasteiger charge is -2.11. The minimum Gasteiger partial charge on any atom is -0.300 e. The second-order valence-corrected chi connectivity index (χ2v) is 6.04. The van der Waals surface area contributed by atoms with Crippen LogP contribution in [0.25, 0.3) is 6.08 Å². The van der Waals surface area contributed by atoms with Crippen molar-refractivity contribution in [2.24, 2.45) is 0 Å². The van der Waals surface area contributed by atoms with E-state index in [0.717, 1.165) is 22.9 Å². The molecule has 110 valence electrons. The number of thioether (sulfide) groups is 1. The van der Waals surface area contributed by atoms with Crippen molar-refractivity contribution in [1.82, 2.24) is 4.90 Å². The highest BCUT2D eigenvalue weighted by atomic mass is 32.2. The highest BCUT2D eigenvalue weighted by Gasteiger charge is 2.34. The van der Waals surface area contributed by atoms with Gasteiger partial charge in [0.05, 0.1) is 4.91 Å². The largest absolute Gasteiger partial charge is 0.300 e. The number of rotatable bonds is 5. The zero-order valence-electron chi connectivity index (χ0n) is 12.1. The van der Waals surface area contributed by atoms with E-state index in [-0.39, 0.29) is 16.9 Å². The van der Waals surface area contributed by atoms with Crippen LogP contribution in [0.5, 0.6) is 0 Å². The van der Waals surface area contributed by atoms with Gasteiger partial charge in [0.25, 0.3) is 11.1 Å². The fourth-order valence-electron chi connectivity index (χ4n) is 1.99. The molecule has 0 N–H and O–H groups in total. The molecule has 5 heteroatoms. The Kier molecular flexibility index (Phi) is 4.96. The molecule has 0 atom stereocenters. The first-order valence-corrected chi connectivity index (χ1v) is 7.60. The van der Waals surface area contributed by atoms with Gasteiger partial charge in [0, 0.05) is 13.0 Å². The molecule has 1 aromatic carbocycles.